The molecule has 0 saturated heterocycles. The molecule has 0 aromatic heterocycles. The van der Waals surface area contributed by atoms with Crippen molar-refractivity contribution >= 4 is 18.0 Å². The minimum Gasteiger partial charge on any atom is -0.507 e. The van der Waals surface area contributed by atoms with E-state index in [1.807, 2.05) is 0 Å². The van der Waals surface area contributed by atoms with Crippen molar-refractivity contribution in [2.45, 2.75) is 4.90 Å². The second-order valence-electron chi connectivity index (χ2n) is 2.23. The Morgan fingerprint density at radius 2 is 2.14 bits per heavy atom. The third-order valence-electron chi connectivity index (χ3n) is 1.38. The number of aromatic hydroxyl groups is 1. The molecule has 1 rings (SSSR count). The molecule has 72 valence electrons. The van der Waals surface area contributed by atoms with E-state index in [0.717, 1.165) is 12.0 Å². The van der Waals surface area contributed by atoms with Gasteiger partial charge in [0.25, 0.3) is 0 Å². The van der Waals surface area contributed by atoms with Crippen LogP contribution >= 0.6 is 12.0 Å². The third-order valence-corrected chi connectivity index (χ3v) is 1.99. The Morgan fingerprint density at radius 3 is 2.57 bits per heavy atom. The Bertz CT molecular complexity index is 329. The van der Waals surface area contributed by atoms with E-state index < -0.39 is 5.97 Å². The van der Waals surface area contributed by atoms with Crippen LogP contribution in [0.25, 0.3) is 0 Å². The first kappa shape index (κ1) is 13.4. The molecule has 0 heterocycles. The van der Waals surface area contributed by atoms with Gasteiger partial charge in [0, 0.05) is 36.4 Å². The van der Waals surface area contributed by atoms with Crippen LogP contribution in [-0.4, -0.2) is 23.3 Å². The molecule has 0 aliphatic heterocycles. The molecule has 0 fully saturated rings. The van der Waals surface area contributed by atoms with Gasteiger partial charge in [0.2, 0.25) is 0 Å². The second kappa shape index (κ2) is 6.01. The minimum atomic E-state index is -1.15. The largest absolute Gasteiger partial charge is 0.507 e. The van der Waals surface area contributed by atoms with Gasteiger partial charge in [-0.1, -0.05) is 0 Å². The van der Waals surface area contributed by atoms with Crippen molar-refractivity contribution in [2.75, 3.05) is 7.11 Å². The van der Waals surface area contributed by atoms with E-state index >= 15 is 0 Å². The van der Waals surface area contributed by atoms with Gasteiger partial charge in [-0.05, 0) is 18.2 Å². The Labute approximate surface area is 98.2 Å². The van der Waals surface area contributed by atoms with Crippen LogP contribution in [0.1, 0.15) is 10.4 Å². The van der Waals surface area contributed by atoms with Crippen molar-refractivity contribution in [3.8, 4) is 5.75 Å². The molecule has 0 atom stereocenters. The summed E-state index contributed by atoms with van der Waals surface area (Å²) in [6, 6.07) is 4.24. The van der Waals surface area contributed by atoms with Gasteiger partial charge in [-0.25, -0.2) is 4.79 Å². The summed E-state index contributed by atoms with van der Waals surface area (Å²) < 4.78 is 4.74. The Morgan fingerprint density at radius 1 is 1.50 bits per heavy atom. The number of carboxylic acid groups (broad SMARTS) is 1. The quantitative estimate of drug-likeness (QED) is 0.644. The monoisotopic (exact) mass is 264 g/mol. The van der Waals surface area contributed by atoms with Crippen LogP contribution in [0.2, 0.25) is 0 Å². The SMILES string of the molecule is COSc1ccc(C(=O)O)c(O)c1.[Zn]. The number of carboxylic acids is 1. The van der Waals surface area contributed by atoms with E-state index in [0.29, 0.717) is 4.90 Å². The Kier molecular flexibility index (Phi) is 5.76. The molecule has 14 heavy (non-hydrogen) atoms. The summed E-state index contributed by atoms with van der Waals surface area (Å²) in [4.78, 5) is 11.2. The predicted octanol–water partition coefficient (Wildman–Crippen LogP) is 1.74. The summed E-state index contributed by atoms with van der Waals surface area (Å²) in [5.41, 5.74) is -0.111. The predicted molar refractivity (Wildman–Crippen MR) is 47.9 cm³/mol. The van der Waals surface area contributed by atoms with Crippen molar-refractivity contribution in [3.05, 3.63) is 23.8 Å². The maximum atomic E-state index is 10.5. The molecule has 0 bridgehead atoms. The van der Waals surface area contributed by atoms with Gasteiger partial charge in [-0.2, -0.15) is 0 Å². The van der Waals surface area contributed by atoms with Crippen molar-refractivity contribution in [1.82, 2.24) is 0 Å². The fourth-order valence-corrected chi connectivity index (χ4v) is 1.32. The first-order chi connectivity index (χ1) is 6.15. The smallest absolute Gasteiger partial charge is 0.339 e. The average molecular weight is 266 g/mol. The molecular weight excluding hydrogens is 258 g/mol. The molecule has 0 radical (unpaired) electrons. The van der Waals surface area contributed by atoms with Crippen molar-refractivity contribution in [2.24, 2.45) is 0 Å². The summed E-state index contributed by atoms with van der Waals surface area (Å²) in [6.45, 7) is 0. The number of carbonyl (C=O) groups is 1. The van der Waals surface area contributed by atoms with Crippen LogP contribution in [0.15, 0.2) is 23.1 Å². The number of phenols is 1. The number of aromatic carboxylic acids is 1. The zero-order valence-electron chi connectivity index (χ0n) is 7.56. The molecular formula is C8H8O4SZn. The van der Waals surface area contributed by atoms with Crippen molar-refractivity contribution in [1.29, 1.82) is 0 Å². The van der Waals surface area contributed by atoms with Crippen LogP contribution in [-0.2, 0) is 23.7 Å². The van der Waals surface area contributed by atoms with Gasteiger partial charge in [0.1, 0.15) is 11.3 Å². The summed E-state index contributed by atoms with van der Waals surface area (Å²) in [5, 5.41) is 17.8. The standard InChI is InChI=1S/C8H8O4S.Zn/c1-12-13-5-2-3-6(8(10)11)7(9)4-5;/h2-4,9H,1H3,(H,10,11);. The number of hydrogen-bond donors (Lipinski definition) is 2. The van der Waals surface area contributed by atoms with E-state index in [1.165, 1.54) is 19.2 Å². The topological polar surface area (TPSA) is 66.8 Å². The molecule has 1 aromatic carbocycles. The van der Waals surface area contributed by atoms with Gasteiger partial charge in [-0.3, -0.25) is 0 Å². The molecule has 0 amide bonds. The van der Waals surface area contributed by atoms with Gasteiger partial charge in [-0.15, -0.1) is 0 Å². The van der Waals surface area contributed by atoms with E-state index in [9.17, 15) is 9.90 Å². The van der Waals surface area contributed by atoms with Gasteiger partial charge in [0.15, 0.2) is 0 Å². The summed E-state index contributed by atoms with van der Waals surface area (Å²) in [6.07, 6.45) is 0. The third kappa shape index (κ3) is 3.29. The zero-order chi connectivity index (χ0) is 9.84. The van der Waals surface area contributed by atoms with Gasteiger partial charge >= 0.3 is 5.97 Å². The summed E-state index contributed by atoms with van der Waals surface area (Å²) in [7, 11) is 1.49. The number of rotatable bonds is 3. The van der Waals surface area contributed by atoms with E-state index in [1.54, 1.807) is 6.07 Å². The molecule has 0 spiro atoms. The van der Waals surface area contributed by atoms with Gasteiger partial charge in [0.05, 0.1) is 7.11 Å². The first-order valence-electron chi connectivity index (χ1n) is 3.42. The fourth-order valence-electron chi connectivity index (χ4n) is 0.840. The van der Waals surface area contributed by atoms with E-state index in [4.69, 9.17) is 9.29 Å². The number of benzene rings is 1. The van der Waals surface area contributed by atoms with Crippen LogP contribution in [0.4, 0.5) is 0 Å². The molecule has 0 aliphatic rings. The molecule has 6 heteroatoms. The second-order valence-corrected chi connectivity index (χ2v) is 3.21. The molecule has 0 saturated carbocycles. The van der Waals surface area contributed by atoms with Crippen LogP contribution in [0.5, 0.6) is 5.75 Å². The Balaban J connectivity index is 0.00000169. The molecule has 1 aromatic rings. The molecule has 0 aliphatic carbocycles. The molecule has 2 N–H and O–H groups in total. The Hall–Kier alpha value is -0.577. The van der Waals surface area contributed by atoms with Crippen LogP contribution in [0, 0.1) is 0 Å². The van der Waals surface area contributed by atoms with Crippen molar-refractivity contribution < 1.29 is 38.7 Å². The van der Waals surface area contributed by atoms with E-state index in [2.05, 4.69) is 0 Å². The number of hydrogen-bond acceptors (Lipinski definition) is 4. The minimum absolute atomic E-state index is 0. The normalized spacial score (nSPS) is 9.21. The summed E-state index contributed by atoms with van der Waals surface area (Å²) >= 11 is 1.06. The van der Waals surface area contributed by atoms with E-state index in [-0.39, 0.29) is 30.8 Å². The maximum Gasteiger partial charge on any atom is 0.339 e. The van der Waals surface area contributed by atoms with Crippen molar-refractivity contribution in [3.63, 3.8) is 0 Å². The molecule has 0 unspecified atom stereocenters. The zero-order valence-corrected chi connectivity index (χ0v) is 11.3. The first-order valence-corrected chi connectivity index (χ1v) is 4.16. The average Bonchev–Trinajstić information content (AvgIpc) is 2.04. The van der Waals surface area contributed by atoms with Crippen LogP contribution in [0.3, 0.4) is 0 Å². The summed E-state index contributed by atoms with van der Waals surface area (Å²) in [5.74, 6) is -1.40. The maximum absolute atomic E-state index is 10.5. The fraction of sp³-hybridized carbons (Fsp3) is 0.125. The van der Waals surface area contributed by atoms with Gasteiger partial charge < -0.3 is 14.4 Å². The van der Waals surface area contributed by atoms with Crippen LogP contribution < -0.4 is 0 Å². The molecule has 4 nitrogen and oxygen atoms in total.